The van der Waals surface area contributed by atoms with Crippen LogP contribution in [0.3, 0.4) is 0 Å². The van der Waals surface area contributed by atoms with Gasteiger partial charge in [-0.2, -0.15) is 9.29 Å². The van der Waals surface area contributed by atoms with E-state index in [2.05, 4.69) is 10.1 Å². The van der Waals surface area contributed by atoms with E-state index in [1.165, 1.54) is 16.6 Å². The molecule has 130 valence electrons. The van der Waals surface area contributed by atoms with Crippen molar-refractivity contribution in [1.29, 1.82) is 0 Å². The average molecular weight is 384 g/mol. The highest BCUT2D eigenvalue weighted by Crippen LogP contribution is 2.33. The van der Waals surface area contributed by atoms with Crippen molar-refractivity contribution in [3.63, 3.8) is 0 Å². The standard InChI is InChI=1S/C15H11ClFN3O4S/c16-11-6-10(3-4-12(11)17)25(21,22)20-7-9(8-20)15-18-14(19-24-15)13-2-1-5-23-13/h1-6,9H,7-8H2. The first-order valence-electron chi connectivity index (χ1n) is 7.28. The van der Waals surface area contributed by atoms with Gasteiger partial charge in [0.05, 0.1) is 22.1 Å². The van der Waals surface area contributed by atoms with E-state index >= 15 is 0 Å². The molecular formula is C15H11ClFN3O4S. The summed E-state index contributed by atoms with van der Waals surface area (Å²) in [5.74, 6) is 0.252. The molecule has 0 atom stereocenters. The molecule has 1 fully saturated rings. The quantitative estimate of drug-likeness (QED) is 0.688. The van der Waals surface area contributed by atoms with Crippen molar-refractivity contribution in [2.24, 2.45) is 0 Å². The fourth-order valence-corrected chi connectivity index (χ4v) is 4.29. The minimum Gasteiger partial charge on any atom is -0.461 e. The largest absolute Gasteiger partial charge is 0.461 e. The van der Waals surface area contributed by atoms with E-state index in [9.17, 15) is 12.8 Å². The normalized spacial score (nSPS) is 16.1. The summed E-state index contributed by atoms with van der Waals surface area (Å²) in [6.07, 6.45) is 1.50. The smallest absolute Gasteiger partial charge is 0.243 e. The maximum atomic E-state index is 13.2. The highest BCUT2D eigenvalue weighted by molar-refractivity contribution is 7.89. The van der Waals surface area contributed by atoms with Crippen LogP contribution in [-0.2, 0) is 10.0 Å². The highest BCUT2D eigenvalue weighted by atomic mass is 35.5. The monoisotopic (exact) mass is 383 g/mol. The number of nitrogens with zero attached hydrogens (tertiary/aromatic N) is 3. The number of sulfonamides is 1. The maximum Gasteiger partial charge on any atom is 0.243 e. The van der Waals surface area contributed by atoms with Gasteiger partial charge in [0, 0.05) is 13.1 Å². The number of furan rings is 1. The molecular weight excluding hydrogens is 373 g/mol. The number of rotatable bonds is 4. The van der Waals surface area contributed by atoms with Gasteiger partial charge in [-0.15, -0.1) is 0 Å². The third-order valence-corrected chi connectivity index (χ3v) is 6.03. The molecule has 0 amide bonds. The highest BCUT2D eigenvalue weighted by Gasteiger charge is 2.40. The van der Waals surface area contributed by atoms with E-state index in [4.69, 9.17) is 20.5 Å². The minimum absolute atomic E-state index is 0.0563. The fourth-order valence-electron chi connectivity index (χ4n) is 2.48. The molecule has 3 aromatic rings. The SMILES string of the molecule is O=S(=O)(c1ccc(F)c(Cl)c1)N1CC(c2nc(-c3ccco3)no2)C1. The van der Waals surface area contributed by atoms with Gasteiger partial charge in [0.15, 0.2) is 5.76 Å². The fraction of sp³-hybridized carbons (Fsp3) is 0.200. The Morgan fingerprint density at radius 1 is 1.28 bits per heavy atom. The number of halogens is 2. The van der Waals surface area contributed by atoms with E-state index in [1.807, 2.05) is 0 Å². The van der Waals surface area contributed by atoms with Gasteiger partial charge in [0.2, 0.25) is 21.7 Å². The molecule has 0 aliphatic carbocycles. The van der Waals surface area contributed by atoms with Crippen LogP contribution < -0.4 is 0 Å². The van der Waals surface area contributed by atoms with Gasteiger partial charge in [0.1, 0.15) is 5.82 Å². The predicted octanol–water partition coefficient (Wildman–Crippen LogP) is 2.91. The molecule has 3 heterocycles. The molecule has 0 radical (unpaired) electrons. The van der Waals surface area contributed by atoms with Crippen molar-refractivity contribution in [2.75, 3.05) is 13.1 Å². The number of hydrogen-bond acceptors (Lipinski definition) is 6. The van der Waals surface area contributed by atoms with Crippen LogP contribution in [0.25, 0.3) is 11.6 Å². The van der Waals surface area contributed by atoms with Crippen molar-refractivity contribution < 1.29 is 21.7 Å². The molecule has 1 aliphatic heterocycles. The van der Waals surface area contributed by atoms with Crippen molar-refractivity contribution in [2.45, 2.75) is 10.8 Å². The number of benzene rings is 1. The zero-order chi connectivity index (χ0) is 17.6. The van der Waals surface area contributed by atoms with Crippen molar-refractivity contribution >= 4 is 21.6 Å². The Bertz CT molecular complexity index is 1010. The number of hydrogen-bond donors (Lipinski definition) is 0. The Morgan fingerprint density at radius 2 is 2.08 bits per heavy atom. The lowest BCUT2D eigenvalue weighted by Gasteiger charge is -2.35. The summed E-state index contributed by atoms with van der Waals surface area (Å²) in [7, 11) is -3.74. The van der Waals surface area contributed by atoms with E-state index in [1.54, 1.807) is 12.1 Å². The Morgan fingerprint density at radius 3 is 2.76 bits per heavy atom. The summed E-state index contributed by atoms with van der Waals surface area (Å²) < 4.78 is 49.8. The summed E-state index contributed by atoms with van der Waals surface area (Å²) in [5.41, 5.74) is 0. The molecule has 7 nitrogen and oxygen atoms in total. The first-order chi connectivity index (χ1) is 11.9. The average Bonchev–Trinajstić information content (AvgIpc) is 3.19. The molecule has 4 rings (SSSR count). The van der Waals surface area contributed by atoms with Crippen molar-refractivity contribution in [3.8, 4) is 11.6 Å². The van der Waals surface area contributed by atoms with E-state index < -0.39 is 15.8 Å². The zero-order valence-corrected chi connectivity index (χ0v) is 14.2. The summed E-state index contributed by atoms with van der Waals surface area (Å²) in [4.78, 5) is 4.17. The Labute approximate surface area is 147 Å². The maximum absolute atomic E-state index is 13.2. The first kappa shape index (κ1) is 16.2. The van der Waals surface area contributed by atoms with Crippen molar-refractivity contribution in [3.05, 3.63) is 53.3 Å². The van der Waals surface area contributed by atoms with Crippen LogP contribution in [0.2, 0.25) is 5.02 Å². The third kappa shape index (κ3) is 2.84. The van der Waals surface area contributed by atoms with E-state index in [-0.39, 0.29) is 28.9 Å². The molecule has 0 spiro atoms. The van der Waals surface area contributed by atoms with Crippen molar-refractivity contribution in [1.82, 2.24) is 14.4 Å². The summed E-state index contributed by atoms with van der Waals surface area (Å²) in [5, 5.41) is 3.58. The summed E-state index contributed by atoms with van der Waals surface area (Å²) in [6.45, 7) is 0.383. The second-order valence-electron chi connectivity index (χ2n) is 5.53. The van der Waals surface area contributed by atoms with Crippen LogP contribution in [0.5, 0.6) is 0 Å². The molecule has 0 bridgehead atoms. The predicted molar refractivity (Wildman–Crippen MR) is 84.9 cm³/mol. The zero-order valence-electron chi connectivity index (χ0n) is 12.6. The minimum atomic E-state index is -3.74. The molecule has 2 aromatic heterocycles. The molecule has 0 saturated carbocycles. The Hall–Kier alpha value is -2.23. The number of aromatic nitrogens is 2. The van der Waals surface area contributed by atoms with Crippen LogP contribution in [0.1, 0.15) is 11.8 Å². The van der Waals surface area contributed by atoms with Gasteiger partial charge in [-0.3, -0.25) is 0 Å². The molecule has 1 aromatic carbocycles. The van der Waals surface area contributed by atoms with Crippen LogP contribution >= 0.6 is 11.6 Å². The van der Waals surface area contributed by atoms with Gasteiger partial charge >= 0.3 is 0 Å². The summed E-state index contributed by atoms with van der Waals surface area (Å²) >= 11 is 5.66. The lowest BCUT2D eigenvalue weighted by molar-refractivity contribution is 0.217. The molecule has 1 saturated heterocycles. The second-order valence-corrected chi connectivity index (χ2v) is 7.87. The van der Waals surface area contributed by atoms with E-state index in [0.29, 0.717) is 17.5 Å². The van der Waals surface area contributed by atoms with E-state index in [0.717, 1.165) is 12.1 Å². The van der Waals surface area contributed by atoms with Crippen LogP contribution in [-0.4, -0.2) is 36.0 Å². The second kappa shape index (κ2) is 5.94. The molecule has 1 aliphatic rings. The Balaban J connectivity index is 1.49. The third-order valence-electron chi connectivity index (χ3n) is 3.91. The van der Waals surface area contributed by atoms with Crippen LogP contribution in [0.15, 0.2) is 50.4 Å². The van der Waals surface area contributed by atoms with Gasteiger partial charge in [0.25, 0.3) is 0 Å². The molecule has 0 N–H and O–H groups in total. The molecule has 25 heavy (non-hydrogen) atoms. The van der Waals surface area contributed by atoms with Crippen LogP contribution in [0.4, 0.5) is 4.39 Å². The van der Waals surface area contributed by atoms with Gasteiger partial charge in [-0.1, -0.05) is 16.8 Å². The molecule has 10 heteroatoms. The first-order valence-corrected chi connectivity index (χ1v) is 9.09. The van der Waals surface area contributed by atoms with Gasteiger partial charge in [-0.25, -0.2) is 12.8 Å². The molecule has 0 unspecified atom stereocenters. The lowest BCUT2D eigenvalue weighted by Crippen LogP contribution is -2.48. The van der Waals surface area contributed by atoms with Gasteiger partial charge in [-0.05, 0) is 30.3 Å². The lowest BCUT2D eigenvalue weighted by atomic mass is 10.0. The van der Waals surface area contributed by atoms with Crippen LogP contribution in [0, 0.1) is 5.82 Å². The van der Waals surface area contributed by atoms with Gasteiger partial charge < -0.3 is 8.94 Å². The topological polar surface area (TPSA) is 89.4 Å². The Kier molecular flexibility index (Phi) is 3.86. The summed E-state index contributed by atoms with van der Waals surface area (Å²) in [6, 6.07) is 6.72.